The molecule has 2 heterocycles. The Balaban J connectivity index is 1.57. The zero-order valence-electron chi connectivity index (χ0n) is 14.6. The summed E-state index contributed by atoms with van der Waals surface area (Å²) in [4.78, 5) is 16.4. The number of allylic oxidation sites excluding steroid dienone is 1. The van der Waals surface area contributed by atoms with Gasteiger partial charge in [0.15, 0.2) is 5.76 Å². The van der Waals surface area contributed by atoms with Gasteiger partial charge in [-0.25, -0.2) is 0 Å². The topological polar surface area (TPSA) is 80.7 Å². The normalized spacial score (nSPS) is 19.4. The molecule has 1 amide bonds. The molecule has 2 atom stereocenters. The van der Waals surface area contributed by atoms with Crippen molar-refractivity contribution in [1.29, 1.82) is 0 Å². The smallest absolute Gasteiger partial charge is 0.290 e. The molecule has 6 heteroatoms. The number of carbonyl (C=O) groups is 1. The summed E-state index contributed by atoms with van der Waals surface area (Å²) in [5.74, 6) is 0.110. The lowest BCUT2D eigenvalue weighted by molar-refractivity contribution is -0.150. The highest BCUT2D eigenvalue weighted by atomic mass is 16.7. The molecule has 0 saturated heterocycles. The number of hydrogen-bond acceptors (Lipinski definition) is 5. The monoisotopic (exact) mass is 354 g/mol. The van der Waals surface area contributed by atoms with E-state index in [-0.39, 0.29) is 24.2 Å². The van der Waals surface area contributed by atoms with Gasteiger partial charge in [0.25, 0.3) is 5.91 Å². The summed E-state index contributed by atoms with van der Waals surface area (Å²) in [6.45, 7) is 2.41. The second-order valence-electron chi connectivity index (χ2n) is 6.27. The third kappa shape index (κ3) is 4.91. The molecular weight excluding hydrogens is 332 g/mol. The van der Waals surface area contributed by atoms with Crippen LogP contribution in [0.3, 0.4) is 0 Å². The number of nitrogens with one attached hydrogen (secondary N) is 1. The lowest BCUT2D eigenvalue weighted by Gasteiger charge is -2.27. The second-order valence-corrected chi connectivity index (χ2v) is 6.27. The molecule has 6 nitrogen and oxygen atoms in total. The molecule has 0 radical (unpaired) electrons. The van der Waals surface area contributed by atoms with Gasteiger partial charge in [-0.3, -0.25) is 9.78 Å². The largest absolute Gasteiger partial charge is 0.459 e. The van der Waals surface area contributed by atoms with Crippen LogP contribution < -0.4 is 5.32 Å². The Morgan fingerprint density at radius 3 is 2.77 bits per heavy atom. The van der Waals surface area contributed by atoms with E-state index in [1.807, 2.05) is 37.3 Å². The molecule has 1 aliphatic heterocycles. The minimum Gasteiger partial charge on any atom is -0.459 e. The first-order valence-corrected chi connectivity index (χ1v) is 8.54. The average Bonchev–Trinajstić information content (AvgIpc) is 2.67. The maximum absolute atomic E-state index is 12.4. The van der Waals surface area contributed by atoms with E-state index in [1.165, 1.54) is 0 Å². The van der Waals surface area contributed by atoms with Crippen LogP contribution in [0.25, 0.3) is 0 Å². The number of pyridine rings is 1. The van der Waals surface area contributed by atoms with Crippen molar-refractivity contribution >= 4 is 11.6 Å². The molecule has 26 heavy (non-hydrogen) atoms. The Hall–Kier alpha value is -2.70. The molecule has 0 fully saturated rings. The summed E-state index contributed by atoms with van der Waals surface area (Å²) in [6, 6.07) is 11.0. The maximum atomic E-state index is 12.4. The number of amides is 1. The molecule has 0 aliphatic carbocycles. The third-order valence-electron chi connectivity index (χ3n) is 4.04. The molecule has 0 bridgehead atoms. The summed E-state index contributed by atoms with van der Waals surface area (Å²) < 4.78 is 11.5. The minimum absolute atomic E-state index is 0.0184. The highest BCUT2D eigenvalue weighted by Gasteiger charge is 2.25. The zero-order valence-corrected chi connectivity index (χ0v) is 14.6. The van der Waals surface area contributed by atoms with Crippen molar-refractivity contribution in [2.75, 3.05) is 5.32 Å². The van der Waals surface area contributed by atoms with Crippen LogP contribution in [-0.2, 0) is 27.5 Å². The quantitative estimate of drug-likeness (QED) is 0.833. The van der Waals surface area contributed by atoms with Crippen molar-refractivity contribution in [3.8, 4) is 0 Å². The molecule has 0 saturated carbocycles. The van der Waals surface area contributed by atoms with Crippen molar-refractivity contribution < 1.29 is 19.4 Å². The molecule has 1 aliphatic rings. The van der Waals surface area contributed by atoms with Crippen LogP contribution in [0.1, 0.15) is 24.5 Å². The van der Waals surface area contributed by atoms with Gasteiger partial charge < -0.3 is 19.9 Å². The molecule has 136 valence electrons. The number of hydrogen-bond donors (Lipinski definition) is 2. The van der Waals surface area contributed by atoms with Crippen molar-refractivity contribution in [1.82, 2.24) is 4.98 Å². The number of anilines is 1. The fourth-order valence-corrected chi connectivity index (χ4v) is 2.65. The standard InChI is InChI=1S/C20H22N2O4/c1-14-9-18(20(24)22-17-3-2-8-21-11-17)26-19(10-14)25-13-16-6-4-15(12-23)5-7-16/h2-9,11,14,19,23H,10,12-13H2,1H3,(H,22,24)/t14-,19+/m0/s1. The summed E-state index contributed by atoms with van der Waals surface area (Å²) >= 11 is 0. The Morgan fingerprint density at radius 1 is 1.31 bits per heavy atom. The van der Waals surface area contributed by atoms with Crippen molar-refractivity contribution in [2.24, 2.45) is 5.92 Å². The highest BCUT2D eigenvalue weighted by molar-refractivity contribution is 6.02. The van der Waals surface area contributed by atoms with Crippen LogP contribution in [0.2, 0.25) is 0 Å². The Labute approximate surface area is 152 Å². The predicted molar refractivity (Wildman–Crippen MR) is 96.8 cm³/mol. The van der Waals surface area contributed by atoms with E-state index in [0.717, 1.165) is 11.1 Å². The van der Waals surface area contributed by atoms with Crippen LogP contribution in [-0.4, -0.2) is 22.3 Å². The number of aliphatic hydroxyl groups excluding tert-OH is 1. The third-order valence-corrected chi connectivity index (χ3v) is 4.04. The summed E-state index contributed by atoms with van der Waals surface area (Å²) in [5.41, 5.74) is 2.45. The Morgan fingerprint density at radius 2 is 2.08 bits per heavy atom. The lowest BCUT2D eigenvalue weighted by atomic mass is 10.0. The fourth-order valence-electron chi connectivity index (χ4n) is 2.65. The van der Waals surface area contributed by atoms with Crippen molar-refractivity contribution in [3.05, 3.63) is 71.8 Å². The second kappa shape index (κ2) is 8.60. The summed E-state index contributed by atoms with van der Waals surface area (Å²) in [5, 5.41) is 11.8. The van der Waals surface area contributed by atoms with E-state index in [1.54, 1.807) is 24.5 Å². The number of rotatable bonds is 6. The molecule has 0 unspecified atom stereocenters. The first kappa shape index (κ1) is 18.1. The van der Waals surface area contributed by atoms with E-state index < -0.39 is 6.29 Å². The molecule has 3 rings (SSSR count). The van der Waals surface area contributed by atoms with Gasteiger partial charge in [0.1, 0.15) is 0 Å². The van der Waals surface area contributed by atoms with Gasteiger partial charge in [-0.1, -0.05) is 31.2 Å². The molecular formula is C20H22N2O4. The van der Waals surface area contributed by atoms with Crippen LogP contribution in [0.15, 0.2) is 60.6 Å². The molecule has 1 aromatic carbocycles. The minimum atomic E-state index is -0.484. The Kier molecular flexibility index (Phi) is 5.99. The Bertz CT molecular complexity index is 759. The number of nitrogens with zero attached hydrogens (tertiary/aromatic N) is 1. The number of aromatic nitrogens is 1. The average molecular weight is 354 g/mol. The van der Waals surface area contributed by atoms with Gasteiger partial charge in [0.2, 0.25) is 6.29 Å². The lowest BCUT2D eigenvalue weighted by Crippen LogP contribution is -2.29. The summed E-state index contributed by atoms with van der Waals surface area (Å²) in [6.07, 6.45) is 5.22. The van der Waals surface area contributed by atoms with E-state index in [2.05, 4.69) is 10.3 Å². The SMILES string of the molecule is C[C@H]1C=C(C(=O)Nc2cccnc2)O[C@@H](OCc2ccc(CO)cc2)C1. The number of carbonyl (C=O) groups excluding carboxylic acids is 1. The van der Waals surface area contributed by atoms with Gasteiger partial charge in [-0.15, -0.1) is 0 Å². The maximum Gasteiger partial charge on any atom is 0.290 e. The first-order valence-electron chi connectivity index (χ1n) is 8.54. The highest BCUT2D eigenvalue weighted by Crippen LogP contribution is 2.24. The van der Waals surface area contributed by atoms with Crippen molar-refractivity contribution in [3.63, 3.8) is 0 Å². The van der Waals surface area contributed by atoms with Crippen LogP contribution in [0, 0.1) is 5.92 Å². The number of benzene rings is 1. The van der Waals surface area contributed by atoms with Gasteiger partial charge in [0.05, 0.1) is 25.1 Å². The van der Waals surface area contributed by atoms with E-state index in [4.69, 9.17) is 14.6 Å². The fraction of sp³-hybridized carbons (Fsp3) is 0.300. The van der Waals surface area contributed by atoms with Gasteiger partial charge in [-0.05, 0) is 35.3 Å². The molecule has 2 N–H and O–H groups in total. The van der Waals surface area contributed by atoms with E-state index in [9.17, 15) is 4.79 Å². The van der Waals surface area contributed by atoms with Gasteiger partial charge in [-0.2, -0.15) is 0 Å². The number of ether oxygens (including phenoxy) is 2. The predicted octanol–water partition coefficient (Wildman–Crippen LogP) is 3.00. The van der Waals surface area contributed by atoms with Crippen LogP contribution >= 0.6 is 0 Å². The van der Waals surface area contributed by atoms with Crippen LogP contribution in [0.4, 0.5) is 5.69 Å². The van der Waals surface area contributed by atoms with Crippen molar-refractivity contribution in [2.45, 2.75) is 32.8 Å². The van der Waals surface area contributed by atoms with Gasteiger partial charge >= 0.3 is 0 Å². The van der Waals surface area contributed by atoms with Gasteiger partial charge in [0, 0.05) is 12.6 Å². The van der Waals surface area contributed by atoms with E-state index in [0.29, 0.717) is 18.7 Å². The summed E-state index contributed by atoms with van der Waals surface area (Å²) in [7, 11) is 0. The van der Waals surface area contributed by atoms with E-state index >= 15 is 0 Å². The zero-order chi connectivity index (χ0) is 18.4. The first-order chi connectivity index (χ1) is 12.6. The molecule has 1 aromatic heterocycles. The molecule has 0 spiro atoms. The van der Waals surface area contributed by atoms with Crippen LogP contribution in [0.5, 0.6) is 0 Å². The number of aliphatic hydroxyl groups is 1. The molecule has 2 aromatic rings.